The molecule has 0 aliphatic heterocycles. The molecule has 2 aromatic rings. The van der Waals surface area contributed by atoms with Crippen molar-refractivity contribution in [1.82, 2.24) is 20.2 Å². The number of aromatic amines is 1. The third-order valence-electron chi connectivity index (χ3n) is 1.61. The number of H-pyrrole nitrogens is 1. The van der Waals surface area contributed by atoms with Gasteiger partial charge in [-0.05, 0) is 34.7 Å². The Morgan fingerprint density at radius 3 is 2.54 bits per heavy atom. The van der Waals surface area contributed by atoms with Crippen molar-refractivity contribution in [2.45, 2.75) is 0 Å². The van der Waals surface area contributed by atoms with Crippen molar-refractivity contribution in [3.63, 3.8) is 0 Å². The molecule has 0 saturated carbocycles. The first-order valence-electron chi connectivity index (χ1n) is 3.63. The minimum absolute atomic E-state index is 0.371. The molecule has 1 heterocycles. The van der Waals surface area contributed by atoms with E-state index in [0.29, 0.717) is 11.4 Å². The van der Waals surface area contributed by atoms with E-state index >= 15 is 0 Å². The van der Waals surface area contributed by atoms with Crippen LogP contribution in [0.3, 0.4) is 0 Å². The highest BCUT2D eigenvalue weighted by molar-refractivity contribution is 5.44. The lowest BCUT2D eigenvalue weighted by molar-refractivity contribution is 0.780. The summed E-state index contributed by atoms with van der Waals surface area (Å²) in [6, 6.07) is 6.77. The number of tetrazole rings is 1. The summed E-state index contributed by atoms with van der Waals surface area (Å²) in [4.78, 5) is 11.1. The van der Waals surface area contributed by atoms with Crippen molar-refractivity contribution < 1.29 is 0 Å². The van der Waals surface area contributed by atoms with Gasteiger partial charge in [-0.1, -0.05) is 0 Å². The van der Waals surface area contributed by atoms with E-state index in [1.807, 2.05) is 0 Å². The van der Waals surface area contributed by atoms with Crippen LogP contribution in [0, 0.1) is 0 Å². The Bertz CT molecular complexity index is 454. The number of anilines is 1. The number of nitrogen functional groups attached to an aromatic ring is 1. The maximum absolute atomic E-state index is 11.1. The summed E-state index contributed by atoms with van der Waals surface area (Å²) in [5.41, 5.74) is 6.39. The monoisotopic (exact) mass is 177 g/mol. The molecule has 6 nitrogen and oxygen atoms in total. The topological polar surface area (TPSA) is 89.6 Å². The summed E-state index contributed by atoms with van der Waals surface area (Å²) in [5.74, 6) is 0. The van der Waals surface area contributed by atoms with Crippen molar-refractivity contribution >= 4 is 5.69 Å². The first kappa shape index (κ1) is 7.53. The minimum Gasteiger partial charge on any atom is -0.399 e. The van der Waals surface area contributed by atoms with Crippen molar-refractivity contribution in [3.8, 4) is 5.69 Å². The number of nitrogens with two attached hydrogens (primary N) is 1. The summed E-state index contributed by atoms with van der Waals surface area (Å²) in [6.45, 7) is 0. The quantitative estimate of drug-likeness (QED) is 0.576. The second-order valence-corrected chi connectivity index (χ2v) is 2.51. The van der Waals surface area contributed by atoms with Gasteiger partial charge in [0.15, 0.2) is 0 Å². The smallest absolute Gasteiger partial charge is 0.365 e. The predicted molar refractivity (Wildman–Crippen MR) is 46.4 cm³/mol. The highest BCUT2D eigenvalue weighted by atomic mass is 16.2. The van der Waals surface area contributed by atoms with Gasteiger partial charge in [0.2, 0.25) is 0 Å². The largest absolute Gasteiger partial charge is 0.399 e. The average Bonchev–Trinajstić information content (AvgIpc) is 2.53. The Balaban J connectivity index is 2.54. The lowest BCUT2D eigenvalue weighted by atomic mass is 10.3. The maximum atomic E-state index is 11.1. The molecule has 0 unspecified atom stereocenters. The number of hydrogen-bond donors (Lipinski definition) is 2. The Morgan fingerprint density at radius 2 is 2.00 bits per heavy atom. The van der Waals surface area contributed by atoms with Gasteiger partial charge in [0.05, 0.1) is 5.69 Å². The number of nitrogens with zero attached hydrogens (tertiary/aromatic N) is 3. The van der Waals surface area contributed by atoms with E-state index in [0.717, 1.165) is 4.68 Å². The summed E-state index contributed by atoms with van der Waals surface area (Å²) in [7, 11) is 0. The van der Waals surface area contributed by atoms with Crippen LogP contribution in [-0.2, 0) is 0 Å². The van der Waals surface area contributed by atoms with Crippen LogP contribution in [0.5, 0.6) is 0 Å². The zero-order valence-electron chi connectivity index (χ0n) is 6.64. The molecule has 66 valence electrons. The number of benzene rings is 1. The van der Waals surface area contributed by atoms with Gasteiger partial charge < -0.3 is 5.73 Å². The van der Waals surface area contributed by atoms with Crippen LogP contribution in [0.2, 0.25) is 0 Å². The molecule has 0 atom stereocenters. The van der Waals surface area contributed by atoms with E-state index in [1.165, 1.54) is 0 Å². The molecular weight excluding hydrogens is 170 g/mol. The molecule has 2 rings (SSSR count). The molecule has 0 bridgehead atoms. The Morgan fingerprint density at radius 1 is 1.31 bits per heavy atom. The summed E-state index contributed by atoms with van der Waals surface area (Å²) >= 11 is 0. The van der Waals surface area contributed by atoms with Crippen LogP contribution in [0.15, 0.2) is 29.1 Å². The average molecular weight is 177 g/mol. The standard InChI is InChI=1S/C7H7N5O/c8-5-1-3-6(4-2-5)12-7(13)9-10-11-12/h1-4H,8H2,(H,9,11,13). The first-order chi connectivity index (χ1) is 6.27. The van der Waals surface area contributed by atoms with Crippen LogP contribution in [0.1, 0.15) is 0 Å². The van der Waals surface area contributed by atoms with Gasteiger partial charge >= 0.3 is 5.69 Å². The lowest BCUT2D eigenvalue weighted by Crippen LogP contribution is -2.15. The van der Waals surface area contributed by atoms with E-state index in [9.17, 15) is 4.79 Å². The third kappa shape index (κ3) is 1.28. The molecule has 0 spiro atoms. The highest BCUT2D eigenvalue weighted by Gasteiger charge is 2.00. The van der Waals surface area contributed by atoms with Crippen molar-refractivity contribution in [2.75, 3.05) is 5.73 Å². The van der Waals surface area contributed by atoms with Crippen molar-refractivity contribution in [1.29, 1.82) is 0 Å². The molecule has 0 fully saturated rings. The van der Waals surface area contributed by atoms with Crippen molar-refractivity contribution in [3.05, 3.63) is 34.7 Å². The fraction of sp³-hybridized carbons (Fsp3) is 0. The molecule has 13 heavy (non-hydrogen) atoms. The zero-order valence-corrected chi connectivity index (χ0v) is 6.64. The Hall–Kier alpha value is -2.11. The maximum Gasteiger partial charge on any atom is 0.365 e. The van der Waals surface area contributed by atoms with E-state index in [4.69, 9.17) is 5.73 Å². The van der Waals surface area contributed by atoms with E-state index < -0.39 is 0 Å². The second kappa shape index (κ2) is 2.74. The van der Waals surface area contributed by atoms with Crippen LogP contribution >= 0.6 is 0 Å². The van der Waals surface area contributed by atoms with Gasteiger partial charge in [-0.15, -0.1) is 0 Å². The van der Waals surface area contributed by atoms with Gasteiger partial charge in [0.1, 0.15) is 0 Å². The fourth-order valence-corrected chi connectivity index (χ4v) is 0.982. The molecule has 0 aliphatic carbocycles. The van der Waals surface area contributed by atoms with Crippen LogP contribution in [-0.4, -0.2) is 20.2 Å². The van der Waals surface area contributed by atoms with Gasteiger partial charge in [0, 0.05) is 5.69 Å². The summed E-state index contributed by atoms with van der Waals surface area (Å²) in [5, 5.41) is 9.13. The number of rotatable bonds is 1. The molecule has 0 amide bonds. The third-order valence-corrected chi connectivity index (χ3v) is 1.61. The zero-order chi connectivity index (χ0) is 9.26. The summed E-state index contributed by atoms with van der Waals surface area (Å²) in [6.07, 6.45) is 0. The normalized spacial score (nSPS) is 10.2. The van der Waals surface area contributed by atoms with Gasteiger partial charge in [-0.3, -0.25) is 0 Å². The number of nitrogens with one attached hydrogen (secondary N) is 1. The van der Waals surface area contributed by atoms with Gasteiger partial charge in [0.25, 0.3) is 0 Å². The Kier molecular flexibility index (Phi) is 1.59. The van der Waals surface area contributed by atoms with E-state index in [1.54, 1.807) is 24.3 Å². The SMILES string of the molecule is Nc1ccc(-n2nn[nH]c2=O)cc1. The lowest BCUT2D eigenvalue weighted by Gasteiger charge is -1.97. The number of hydrogen-bond acceptors (Lipinski definition) is 4. The summed E-state index contributed by atoms with van der Waals surface area (Å²) < 4.78 is 1.15. The number of aromatic nitrogens is 4. The molecule has 0 saturated heterocycles. The van der Waals surface area contributed by atoms with E-state index in [-0.39, 0.29) is 5.69 Å². The highest BCUT2D eigenvalue weighted by Crippen LogP contribution is 2.06. The molecule has 0 radical (unpaired) electrons. The van der Waals surface area contributed by atoms with Crippen LogP contribution in [0.4, 0.5) is 5.69 Å². The molecule has 3 N–H and O–H groups in total. The van der Waals surface area contributed by atoms with Crippen molar-refractivity contribution in [2.24, 2.45) is 0 Å². The van der Waals surface area contributed by atoms with Crippen LogP contribution in [0.25, 0.3) is 5.69 Å². The predicted octanol–water partition coefficient (Wildman–Crippen LogP) is -0.462. The molecule has 1 aromatic heterocycles. The second-order valence-electron chi connectivity index (χ2n) is 2.51. The fourth-order valence-electron chi connectivity index (χ4n) is 0.982. The first-order valence-corrected chi connectivity index (χ1v) is 3.63. The molecule has 6 heteroatoms. The molecule has 0 aliphatic rings. The van der Waals surface area contributed by atoms with Crippen LogP contribution < -0.4 is 11.4 Å². The van der Waals surface area contributed by atoms with E-state index in [2.05, 4.69) is 15.5 Å². The molecular formula is C7H7N5O. The van der Waals surface area contributed by atoms with Gasteiger partial charge in [-0.25, -0.2) is 9.89 Å². The van der Waals surface area contributed by atoms with Gasteiger partial charge in [-0.2, -0.15) is 4.68 Å². The molecule has 1 aromatic carbocycles. The minimum atomic E-state index is -0.371. The Labute approximate surface area is 73.0 Å².